The van der Waals surface area contributed by atoms with E-state index in [2.05, 4.69) is 14.7 Å². The zero-order valence-electron chi connectivity index (χ0n) is 15.2. The summed E-state index contributed by atoms with van der Waals surface area (Å²) in [7, 11) is 0. The minimum absolute atomic E-state index is 0.0802. The number of aromatic nitrogens is 2. The van der Waals surface area contributed by atoms with E-state index < -0.39 is 12.3 Å². The monoisotopic (exact) mass is 437 g/mol. The molecule has 3 aromatic rings. The van der Waals surface area contributed by atoms with Crippen LogP contribution in [0.1, 0.15) is 16.2 Å². The summed E-state index contributed by atoms with van der Waals surface area (Å²) in [5.74, 6) is 5.20. The van der Waals surface area contributed by atoms with Crippen LogP contribution in [0.5, 0.6) is 5.75 Å². The molecule has 0 atom stereocenters. The Hall–Kier alpha value is -3.37. The SMILES string of the molecule is Nc1ccc(-c2ccc(OC(F)(F)F)cc2)cc1C(=O)N(N)Cc1ncc(Cl)cn1. The summed E-state index contributed by atoms with van der Waals surface area (Å²) in [4.78, 5) is 20.7. The first-order valence-corrected chi connectivity index (χ1v) is 8.79. The van der Waals surface area contributed by atoms with Crippen LogP contribution in [0.25, 0.3) is 11.1 Å². The Labute approximate surface area is 174 Å². The van der Waals surface area contributed by atoms with Gasteiger partial charge in [-0.1, -0.05) is 29.8 Å². The lowest BCUT2D eigenvalue weighted by Crippen LogP contribution is -2.37. The summed E-state index contributed by atoms with van der Waals surface area (Å²) in [6, 6.07) is 9.86. The van der Waals surface area contributed by atoms with Crippen LogP contribution in [0, 0.1) is 0 Å². The van der Waals surface area contributed by atoms with Gasteiger partial charge in [0.05, 0.1) is 17.1 Å². The van der Waals surface area contributed by atoms with E-state index >= 15 is 0 Å². The number of carbonyl (C=O) groups excluding carboxylic acids is 1. The van der Waals surface area contributed by atoms with Gasteiger partial charge in [0, 0.05) is 18.1 Å². The Morgan fingerprint density at radius 3 is 2.27 bits per heavy atom. The molecule has 0 radical (unpaired) electrons. The maximum absolute atomic E-state index is 12.7. The topological polar surface area (TPSA) is 107 Å². The van der Waals surface area contributed by atoms with Crippen molar-refractivity contribution >= 4 is 23.2 Å². The van der Waals surface area contributed by atoms with Crippen LogP contribution in [0.4, 0.5) is 18.9 Å². The smallest absolute Gasteiger partial charge is 0.406 e. The fourth-order valence-electron chi connectivity index (χ4n) is 2.57. The number of hydrogen-bond donors (Lipinski definition) is 2. The molecule has 0 unspecified atom stereocenters. The average Bonchev–Trinajstić information content (AvgIpc) is 2.69. The highest BCUT2D eigenvalue weighted by atomic mass is 35.5. The molecule has 0 fully saturated rings. The summed E-state index contributed by atoms with van der Waals surface area (Å²) in [6.07, 6.45) is -2.02. The number of nitrogens with two attached hydrogens (primary N) is 2. The summed E-state index contributed by atoms with van der Waals surface area (Å²) in [5.41, 5.74) is 7.35. The standard InChI is InChI=1S/C19H15ClF3N5O2/c20-13-8-26-17(27-9-13)10-28(25)18(29)15-7-12(3-6-16(15)24)11-1-4-14(5-2-11)30-19(21,22)23/h1-9H,10,24-25H2. The fourth-order valence-corrected chi connectivity index (χ4v) is 2.67. The number of ether oxygens (including phenoxy) is 1. The van der Waals surface area contributed by atoms with Crippen LogP contribution in [0.3, 0.4) is 0 Å². The van der Waals surface area contributed by atoms with Crippen molar-refractivity contribution in [3.05, 3.63) is 71.3 Å². The number of rotatable bonds is 5. The third kappa shape index (κ3) is 5.37. The molecule has 1 amide bonds. The normalized spacial score (nSPS) is 11.2. The zero-order chi connectivity index (χ0) is 21.9. The Balaban J connectivity index is 1.80. The van der Waals surface area contributed by atoms with E-state index in [1.54, 1.807) is 6.07 Å². The molecule has 0 bridgehead atoms. The summed E-state index contributed by atoms with van der Waals surface area (Å²) < 4.78 is 40.7. The number of benzene rings is 2. The third-order valence-corrected chi connectivity index (χ3v) is 4.15. The molecule has 0 saturated carbocycles. The number of amides is 1. The molecule has 0 aliphatic carbocycles. The highest BCUT2D eigenvalue weighted by Gasteiger charge is 2.31. The number of nitrogen functional groups attached to an aromatic ring is 1. The predicted octanol–water partition coefficient (Wildman–Crippen LogP) is 3.79. The van der Waals surface area contributed by atoms with E-state index in [1.807, 2.05) is 0 Å². The van der Waals surface area contributed by atoms with Crippen LogP contribution in [0.15, 0.2) is 54.9 Å². The van der Waals surface area contributed by atoms with Crippen molar-refractivity contribution in [3.63, 3.8) is 0 Å². The van der Waals surface area contributed by atoms with Crippen LogP contribution in [-0.4, -0.2) is 27.2 Å². The third-order valence-electron chi connectivity index (χ3n) is 3.95. The van der Waals surface area contributed by atoms with Gasteiger partial charge in [-0.2, -0.15) is 0 Å². The molecule has 0 saturated heterocycles. The maximum atomic E-state index is 12.7. The number of alkyl halides is 3. The van der Waals surface area contributed by atoms with Gasteiger partial charge in [0.2, 0.25) is 0 Å². The van der Waals surface area contributed by atoms with Crippen molar-refractivity contribution in [2.24, 2.45) is 5.84 Å². The van der Waals surface area contributed by atoms with Crippen LogP contribution < -0.4 is 16.3 Å². The number of anilines is 1. The Bertz CT molecular complexity index is 1040. The minimum atomic E-state index is -4.78. The molecule has 0 aliphatic rings. The van der Waals surface area contributed by atoms with E-state index in [4.69, 9.17) is 23.2 Å². The summed E-state index contributed by atoms with van der Waals surface area (Å²) >= 11 is 5.73. The largest absolute Gasteiger partial charge is 0.573 e. The van der Waals surface area contributed by atoms with Crippen molar-refractivity contribution in [1.29, 1.82) is 0 Å². The molecule has 4 N–H and O–H groups in total. The van der Waals surface area contributed by atoms with Crippen molar-refractivity contribution in [1.82, 2.24) is 15.0 Å². The van der Waals surface area contributed by atoms with Crippen molar-refractivity contribution in [2.75, 3.05) is 5.73 Å². The van der Waals surface area contributed by atoms with Gasteiger partial charge in [-0.05, 0) is 35.4 Å². The fraction of sp³-hybridized carbons (Fsp3) is 0.105. The molecule has 30 heavy (non-hydrogen) atoms. The molecule has 1 aromatic heterocycles. The van der Waals surface area contributed by atoms with Gasteiger partial charge in [-0.15, -0.1) is 13.2 Å². The van der Waals surface area contributed by atoms with E-state index in [0.717, 1.165) is 5.01 Å². The lowest BCUT2D eigenvalue weighted by molar-refractivity contribution is -0.274. The van der Waals surface area contributed by atoms with Crippen LogP contribution >= 0.6 is 11.6 Å². The number of hydrazine groups is 1. The molecule has 156 valence electrons. The molecule has 7 nitrogen and oxygen atoms in total. The summed E-state index contributed by atoms with van der Waals surface area (Å²) in [6.45, 7) is -0.0802. The van der Waals surface area contributed by atoms with Crippen LogP contribution in [0.2, 0.25) is 5.02 Å². The van der Waals surface area contributed by atoms with Gasteiger partial charge in [0.15, 0.2) is 0 Å². The zero-order valence-corrected chi connectivity index (χ0v) is 16.0. The number of hydrogen-bond acceptors (Lipinski definition) is 6. The van der Waals surface area contributed by atoms with Crippen molar-refractivity contribution in [2.45, 2.75) is 12.9 Å². The second-order valence-corrected chi connectivity index (χ2v) is 6.56. The predicted molar refractivity (Wildman–Crippen MR) is 104 cm³/mol. The Morgan fingerprint density at radius 1 is 1.07 bits per heavy atom. The first-order valence-electron chi connectivity index (χ1n) is 8.41. The van der Waals surface area contributed by atoms with E-state index in [9.17, 15) is 18.0 Å². The molecule has 11 heteroatoms. The van der Waals surface area contributed by atoms with Crippen molar-refractivity contribution < 1.29 is 22.7 Å². The second kappa shape index (κ2) is 8.56. The molecule has 0 spiro atoms. The van der Waals surface area contributed by atoms with E-state index in [1.165, 1.54) is 48.8 Å². The molecule has 3 rings (SSSR count). The van der Waals surface area contributed by atoms with Gasteiger partial charge >= 0.3 is 6.36 Å². The van der Waals surface area contributed by atoms with Gasteiger partial charge in [-0.3, -0.25) is 9.80 Å². The number of carbonyl (C=O) groups is 1. The lowest BCUT2D eigenvalue weighted by Gasteiger charge is -2.17. The van der Waals surface area contributed by atoms with E-state index in [-0.39, 0.29) is 29.4 Å². The van der Waals surface area contributed by atoms with E-state index in [0.29, 0.717) is 16.1 Å². The Kier molecular flexibility index (Phi) is 6.09. The van der Waals surface area contributed by atoms with Gasteiger partial charge in [-0.25, -0.2) is 15.8 Å². The molecular weight excluding hydrogens is 423 g/mol. The van der Waals surface area contributed by atoms with Gasteiger partial charge in [0.25, 0.3) is 5.91 Å². The van der Waals surface area contributed by atoms with Gasteiger partial charge < -0.3 is 10.5 Å². The minimum Gasteiger partial charge on any atom is -0.406 e. The maximum Gasteiger partial charge on any atom is 0.573 e. The molecule has 1 heterocycles. The molecule has 0 aliphatic heterocycles. The Morgan fingerprint density at radius 2 is 1.67 bits per heavy atom. The highest BCUT2D eigenvalue weighted by molar-refractivity contribution is 6.30. The second-order valence-electron chi connectivity index (χ2n) is 6.12. The quantitative estimate of drug-likeness (QED) is 0.272. The first-order chi connectivity index (χ1) is 14.1. The van der Waals surface area contributed by atoms with Gasteiger partial charge in [0.1, 0.15) is 11.6 Å². The highest BCUT2D eigenvalue weighted by Crippen LogP contribution is 2.28. The first kappa shape index (κ1) is 21.3. The summed E-state index contributed by atoms with van der Waals surface area (Å²) in [5, 5.41) is 1.25. The van der Waals surface area contributed by atoms with Crippen molar-refractivity contribution in [3.8, 4) is 16.9 Å². The van der Waals surface area contributed by atoms with Crippen LogP contribution in [-0.2, 0) is 6.54 Å². The lowest BCUT2D eigenvalue weighted by atomic mass is 10.0. The molecular formula is C19H15ClF3N5O2. The number of halogens is 4. The number of nitrogens with zero attached hydrogens (tertiary/aromatic N) is 3. The average molecular weight is 438 g/mol. The molecule has 2 aromatic carbocycles.